The summed E-state index contributed by atoms with van der Waals surface area (Å²) in [5, 5.41) is 0.178. The Hall–Kier alpha value is -0.760. The molecule has 0 amide bonds. The van der Waals surface area contributed by atoms with E-state index in [1.165, 1.54) is 16.0 Å². The molecule has 1 aliphatic carbocycles. The van der Waals surface area contributed by atoms with Crippen molar-refractivity contribution in [3.63, 3.8) is 0 Å². The first-order chi connectivity index (χ1) is 7.63. The fourth-order valence-electron chi connectivity index (χ4n) is 3.10. The van der Waals surface area contributed by atoms with Gasteiger partial charge in [0.1, 0.15) is 5.78 Å². The van der Waals surface area contributed by atoms with Crippen LogP contribution in [-0.2, 0) is 10.2 Å². The zero-order valence-corrected chi connectivity index (χ0v) is 10.6. The van der Waals surface area contributed by atoms with E-state index in [1.807, 2.05) is 0 Å². The van der Waals surface area contributed by atoms with Gasteiger partial charge in [-0.15, -0.1) is 11.8 Å². The van der Waals surface area contributed by atoms with Crippen molar-refractivity contribution in [2.24, 2.45) is 0 Å². The van der Waals surface area contributed by atoms with Gasteiger partial charge in [0.05, 0.1) is 5.25 Å². The summed E-state index contributed by atoms with van der Waals surface area (Å²) in [5.74, 6) is 0.453. The van der Waals surface area contributed by atoms with E-state index in [9.17, 15) is 4.79 Å². The number of benzene rings is 1. The van der Waals surface area contributed by atoms with Gasteiger partial charge in [0.15, 0.2) is 0 Å². The van der Waals surface area contributed by atoms with Crippen LogP contribution in [0.1, 0.15) is 37.3 Å². The van der Waals surface area contributed by atoms with Crippen LogP contribution < -0.4 is 0 Å². The van der Waals surface area contributed by atoms with Crippen molar-refractivity contribution in [3.8, 4) is 0 Å². The van der Waals surface area contributed by atoms with Crippen LogP contribution in [0.5, 0.6) is 0 Å². The predicted octanol–water partition coefficient (Wildman–Crippen LogP) is 3.48. The molecule has 3 rings (SSSR count). The van der Waals surface area contributed by atoms with Crippen LogP contribution in [0, 0.1) is 6.92 Å². The molecule has 0 bridgehead atoms. The highest BCUT2D eigenvalue weighted by Gasteiger charge is 2.49. The van der Waals surface area contributed by atoms with Crippen LogP contribution in [0.2, 0.25) is 0 Å². The Kier molecular flexibility index (Phi) is 2.19. The molecule has 0 radical (unpaired) electrons. The Morgan fingerprint density at radius 2 is 2.25 bits per heavy atom. The number of rotatable bonds is 0. The summed E-state index contributed by atoms with van der Waals surface area (Å²) < 4.78 is 0. The molecular weight excluding hydrogens is 216 g/mol. The van der Waals surface area contributed by atoms with E-state index < -0.39 is 0 Å². The maximum Gasteiger partial charge on any atom is 0.147 e. The van der Waals surface area contributed by atoms with Crippen LogP contribution in [0.25, 0.3) is 0 Å². The maximum atomic E-state index is 12.0. The lowest BCUT2D eigenvalue weighted by molar-refractivity contribution is -0.121. The third-order valence-electron chi connectivity index (χ3n) is 4.05. The molecule has 0 aromatic heterocycles. The molecule has 1 aliphatic heterocycles. The van der Waals surface area contributed by atoms with Crippen LogP contribution in [-0.4, -0.2) is 11.0 Å². The Morgan fingerprint density at radius 1 is 1.44 bits per heavy atom. The van der Waals surface area contributed by atoms with Gasteiger partial charge in [-0.05, 0) is 30.9 Å². The molecule has 2 atom stereocenters. The number of ketones is 1. The molecule has 0 saturated heterocycles. The number of hydrogen-bond donors (Lipinski definition) is 0. The monoisotopic (exact) mass is 232 g/mol. The first kappa shape index (κ1) is 10.4. The Labute approximate surface area is 101 Å². The third kappa shape index (κ3) is 1.22. The number of thioether (sulfide) groups is 1. The van der Waals surface area contributed by atoms with Gasteiger partial charge in [0, 0.05) is 16.7 Å². The fourth-order valence-corrected chi connectivity index (χ4v) is 4.77. The second-order valence-electron chi connectivity index (χ2n) is 5.19. The van der Waals surface area contributed by atoms with Gasteiger partial charge in [-0.2, -0.15) is 0 Å². The van der Waals surface area contributed by atoms with Gasteiger partial charge in [-0.25, -0.2) is 0 Å². The maximum absolute atomic E-state index is 12.0. The van der Waals surface area contributed by atoms with Crippen molar-refractivity contribution in [1.29, 1.82) is 0 Å². The molecular formula is C14H16OS. The largest absolute Gasteiger partial charge is 0.298 e. The highest BCUT2D eigenvalue weighted by atomic mass is 32.2. The van der Waals surface area contributed by atoms with Crippen LogP contribution in [0.3, 0.4) is 0 Å². The van der Waals surface area contributed by atoms with E-state index in [0.717, 1.165) is 19.3 Å². The summed E-state index contributed by atoms with van der Waals surface area (Å²) in [5.41, 5.74) is 2.84. The van der Waals surface area contributed by atoms with Gasteiger partial charge in [-0.3, -0.25) is 4.79 Å². The third-order valence-corrected chi connectivity index (χ3v) is 5.85. The number of carbonyl (C=O) groups excluding carboxylic acids is 1. The highest BCUT2D eigenvalue weighted by Crippen LogP contribution is 2.55. The quantitative estimate of drug-likeness (QED) is 0.681. The molecule has 0 spiro atoms. The lowest BCUT2D eigenvalue weighted by Gasteiger charge is -2.34. The van der Waals surface area contributed by atoms with E-state index in [0.29, 0.717) is 5.78 Å². The summed E-state index contributed by atoms with van der Waals surface area (Å²) in [4.78, 5) is 13.4. The number of hydrogen-bond acceptors (Lipinski definition) is 2. The Balaban J connectivity index is 2.17. The molecule has 1 heterocycles. The minimum atomic E-state index is 0.0986. The van der Waals surface area contributed by atoms with Crippen molar-refractivity contribution in [3.05, 3.63) is 29.3 Å². The lowest BCUT2D eigenvalue weighted by atomic mass is 9.70. The van der Waals surface area contributed by atoms with E-state index in [4.69, 9.17) is 0 Å². The van der Waals surface area contributed by atoms with Crippen molar-refractivity contribution in [2.45, 2.75) is 48.7 Å². The lowest BCUT2D eigenvalue weighted by Crippen LogP contribution is -2.40. The first-order valence-electron chi connectivity index (χ1n) is 5.92. The predicted molar refractivity (Wildman–Crippen MR) is 67.0 cm³/mol. The molecule has 84 valence electrons. The van der Waals surface area contributed by atoms with Gasteiger partial charge in [-0.1, -0.05) is 25.1 Å². The van der Waals surface area contributed by atoms with Crippen molar-refractivity contribution < 1.29 is 4.79 Å². The van der Waals surface area contributed by atoms with Crippen LogP contribution >= 0.6 is 11.8 Å². The molecule has 1 saturated carbocycles. The van der Waals surface area contributed by atoms with Crippen molar-refractivity contribution in [2.75, 3.05) is 0 Å². The normalized spacial score (nSPS) is 32.4. The van der Waals surface area contributed by atoms with Gasteiger partial charge < -0.3 is 0 Å². The van der Waals surface area contributed by atoms with E-state index in [-0.39, 0.29) is 10.7 Å². The number of fused-ring (bicyclic) bond motifs is 3. The topological polar surface area (TPSA) is 17.1 Å². The number of carbonyl (C=O) groups is 1. The average molecular weight is 232 g/mol. The van der Waals surface area contributed by atoms with Crippen molar-refractivity contribution >= 4 is 17.5 Å². The Bertz CT molecular complexity index is 466. The number of aryl methyl sites for hydroxylation is 1. The molecule has 0 unspecified atom stereocenters. The fraction of sp³-hybridized carbons (Fsp3) is 0.500. The molecule has 1 fully saturated rings. The second-order valence-corrected chi connectivity index (χ2v) is 6.30. The summed E-state index contributed by atoms with van der Waals surface area (Å²) in [6.45, 7) is 4.42. The molecule has 1 nitrogen and oxygen atoms in total. The van der Waals surface area contributed by atoms with Crippen molar-refractivity contribution in [1.82, 2.24) is 0 Å². The minimum Gasteiger partial charge on any atom is -0.298 e. The first-order valence-corrected chi connectivity index (χ1v) is 6.80. The summed E-state index contributed by atoms with van der Waals surface area (Å²) in [6.07, 6.45) is 2.99. The van der Waals surface area contributed by atoms with E-state index >= 15 is 0 Å². The molecule has 1 aromatic rings. The summed E-state index contributed by atoms with van der Waals surface area (Å²) >= 11 is 1.80. The highest BCUT2D eigenvalue weighted by molar-refractivity contribution is 8.01. The summed E-state index contributed by atoms with van der Waals surface area (Å²) in [7, 11) is 0. The number of Topliss-reactive ketones (excluding diaryl/α,β-unsaturated/α-hetero) is 1. The van der Waals surface area contributed by atoms with Crippen LogP contribution in [0.15, 0.2) is 23.1 Å². The minimum absolute atomic E-state index is 0.0986. The zero-order chi connectivity index (χ0) is 11.3. The van der Waals surface area contributed by atoms with Crippen LogP contribution in [0.4, 0.5) is 0 Å². The summed E-state index contributed by atoms with van der Waals surface area (Å²) in [6, 6.07) is 6.49. The second kappa shape index (κ2) is 3.36. The van der Waals surface area contributed by atoms with Gasteiger partial charge in [0.25, 0.3) is 0 Å². The van der Waals surface area contributed by atoms with Gasteiger partial charge >= 0.3 is 0 Å². The molecule has 0 N–H and O–H groups in total. The standard InChI is InChI=1S/C14H16OS/c1-9-5-3-6-10-12(9)16-13-11(15)7-4-8-14(10,13)2/h3,5-6,13H,4,7-8H2,1-2H3/t13-,14-/m0/s1. The smallest absolute Gasteiger partial charge is 0.147 e. The van der Waals surface area contributed by atoms with E-state index in [2.05, 4.69) is 32.0 Å². The SMILES string of the molecule is Cc1cccc2c1S[C@H]1C(=O)CCC[C@@]21C. The zero-order valence-electron chi connectivity index (χ0n) is 9.75. The van der Waals surface area contributed by atoms with Gasteiger partial charge in [0.2, 0.25) is 0 Å². The Morgan fingerprint density at radius 3 is 3.06 bits per heavy atom. The molecule has 1 aromatic carbocycles. The average Bonchev–Trinajstić information content (AvgIpc) is 2.55. The van der Waals surface area contributed by atoms with E-state index in [1.54, 1.807) is 11.8 Å². The molecule has 2 heteroatoms. The molecule has 2 aliphatic rings. The molecule has 16 heavy (non-hydrogen) atoms.